The number of para-hydroxylation sites is 1. The second-order valence-corrected chi connectivity index (χ2v) is 7.85. The van der Waals surface area contributed by atoms with Gasteiger partial charge in [-0.2, -0.15) is 0 Å². The maximum atomic E-state index is 14.0. The van der Waals surface area contributed by atoms with Gasteiger partial charge in [0.2, 0.25) is 0 Å². The van der Waals surface area contributed by atoms with Gasteiger partial charge in [0.25, 0.3) is 5.56 Å². The number of pyridine rings is 1. The quantitative estimate of drug-likeness (QED) is 0.334. The molecule has 164 valence electrons. The molecule has 0 radical (unpaired) electrons. The number of carbonyl (C=O) groups excluding carboxylic acids is 1. The molecule has 0 aliphatic carbocycles. The Hall–Kier alpha value is -4.70. The lowest BCUT2D eigenvalue weighted by molar-refractivity contribution is 0.103. The third-order valence-electron chi connectivity index (χ3n) is 5.74. The van der Waals surface area contributed by atoms with Crippen LogP contribution in [0.25, 0.3) is 28.1 Å². The fraction of sp³-hybridized carbons (Fsp3) is 0. The summed E-state index contributed by atoms with van der Waals surface area (Å²) in [5.41, 5.74) is 2.33. The monoisotopic (exact) mass is 443 g/mol. The molecule has 0 bridgehead atoms. The lowest BCUT2D eigenvalue weighted by Crippen LogP contribution is -2.25. The Morgan fingerprint density at radius 2 is 1.09 bits per heavy atom. The molecular formula is C30H21NO3. The lowest BCUT2D eigenvalue weighted by atomic mass is 9.92. The van der Waals surface area contributed by atoms with Gasteiger partial charge in [-0.05, 0) is 23.3 Å². The number of aromatic nitrogens is 1. The van der Waals surface area contributed by atoms with Gasteiger partial charge in [-0.15, -0.1) is 0 Å². The van der Waals surface area contributed by atoms with E-state index in [2.05, 4.69) is 0 Å². The van der Waals surface area contributed by atoms with Crippen molar-refractivity contribution >= 4 is 5.78 Å². The molecule has 0 fully saturated rings. The van der Waals surface area contributed by atoms with E-state index in [-0.39, 0.29) is 22.7 Å². The standard InChI is InChI=1S/C30H21NO3/c32-28(23-17-9-3-10-18-23)26-27(22-15-7-2-8-16-22)31(24-19-11-4-12-20-24)30(34)25(29(26)33)21-13-5-1-6-14-21/h1-20,33H. The molecule has 0 unspecified atom stereocenters. The average molecular weight is 444 g/mol. The summed E-state index contributed by atoms with van der Waals surface area (Å²) in [4.78, 5) is 27.9. The van der Waals surface area contributed by atoms with Gasteiger partial charge in [0.05, 0.1) is 16.8 Å². The van der Waals surface area contributed by atoms with Crippen LogP contribution in [-0.4, -0.2) is 15.5 Å². The maximum absolute atomic E-state index is 14.0. The zero-order chi connectivity index (χ0) is 23.5. The van der Waals surface area contributed by atoms with Gasteiger partial charge in [-0.1, -0.05) is 109 Å². The van der Waals surface area contributed by atoms with E-state index in [1.54, 1.807) is 48.5 Å². The maximum Gasteiger partial charge on any atom is 0.267 e. The molecule has 4 nitrogen and oxygen atoms in total. The Morgan fingerprint density at radius 3 is 1.65 bits per heavy atom. The van der Waals surface area contributed by atoms with Crippen molar-refractivity contribution in [2.24, 2.45) is 0 Å². The van der Waals surface area contributed by atoms with Crippen molar-refractivity contribution in [3.8, 4) is 33.8 Å². The first kappa shape index (κ1) is 21.2. The molecule has 5 rings (SSSR count). The number of ketones is 1. The molecule has 0 saturated carbocycles. The minimum Gasteiger partial charge on any atom is -0.506 e. The van der Waals surface area contributed by atoms with Crippen LogP contribution in [0.1, 0.15) is 15.9 Å². The fourth-order valence-corrected chi connectivity index (χ4v) is 4.17. The van der Waals surface area contributed by atoms with Crippen LogP contribution in [0, 0.1) is 0 Å². The first-order valence-corrected chi connectivity index (χ1v) is 10.9. The van der Waals surface area contributed by atoms with Crippen LogP contribution in [0.2, 0.25) is 0 Å². The van der Waals surface area contributed by atoms with Gasteiger partial charge in [0, 0.05) is 11.3 Å². The average Bonchev–Trinajstić information content (AvgIpc) is 2.90. The van der Waals surface area contributed by atoms with Gasteiger partial charge in [0.15, 0.2) is 5.78 Å². The first-order valence-electron chi connectivity index (χ1n) is 10.9. The topological polar surface area (TPSA) is 59.3 Å². The van der Waals surface area contributed by atoms with Gasteiger partial charge < -0.3 is 5.11 Å². The molecule has 34 heavy (non-hydrogen) atoms. The van der Waals surface area contributed by atoms with Crippen molar-refractivity contribution in [2.45, 2.75) is 0 Å². The van der Waals surface area contributed by atoms with Crippen LogP contribution in [0.4, 0.5) is 0 Å². The van der Waals surface area contributed by atoms with Crippen molar-refractivity contribution < 1.29 is 9.90 Å². The largest absolute Gasteiger partial charge is 0.506 e. The molecule has 0 atom stereocenters. The summed E-state index contributed by atoms with van der Waals surface area (Å²) in [7, 11) is 0. The number of hydrogen-bond acceptors (Lipinski definition) is 3. The van der Waals surface area contributed by atoms with Crippen molar-refractivity contribution in [3.63, 3.8) is 0 Å². The minimum atomic E-state index is -0.404. The smallest absolute Gasteiger partial charge is 0.267 e. The fourth-order valence-electron chi connectivity index (χ4n) is 4.17. The predicted octanol–water partition coefficient (Wildman–Crippen LogP) is 6.11. The normalized spacial score (nSPS) is 10.7. The highest BCUT2D eigenvalue weighted by atomic mass is 16.3. The summed E-state index contributed by atoms with van der Waals surface area (Å²) in [6.45, 7) is 0. The van der Waals surface area contributed by atoms with Crippen molar-refractivity contribution in [2.75, 3.05) is 0 Å². The molecule has 0 spiro atoms. The third kappa shape index (κ3) is 3.71. The molecule has 1 N–H and O–H groups in total. The molecule has 4 heteroatoms. The van der Waals surface area contributed by atoms with Gasteiger partial charge >= 0.3 is 0 Å². The second kappa shape index (κ2) is 9.04. The molecule has 0 amide bonds. The molecule has 0 aliphatic rings. The molecule has 0 aliphatic heterocycles. The summed E-state index contributed by atoms with van der Waals surface area (Å²) in [5, 5.41) is 11.5. The van der Waals surface area contributed by atoms with E-state index in [1.165, 1.54) is 4.57 Å². The Bertz CT molecular complexity index is 1510. The summed E-state index contributed by atoms with van der Waals surface area (Å²) in [6, 6.07) is 36.1. The molecular weight excluding hydrogens is 422 g/mol. The Balaban J connectivity index is 1.97. The number of carbonyl (C=O) groups is 1. The zero-order valence-corrected chi connectivity index (χ0v) is 18.3. The molecule has 5 aromatic rings. The summed E-state index contributed by atoms with van der Waals surface area (Å²) >= 11 is 0. The van der Waals surface area contributed by atoms with Gasteiger partial charge in [-0.3, -0.25) is 14.2 Å². The molecule has 1 heterocycles. The van der Waals surface area contributed by atoms with E-state index in [4.69, 9.17) is 0 Å². The van der Waals surface area contributed by atoms with E-state index in [1.807, 2.05) is 72.8 Å². The van der Waals surface area contributed by atoms with Crippen LogP contribution in [0.15, 0.2) is 126 Å². The molecule has 4 aromatic carbocycles. The number of aromatic hydroxyl groups is 1. The molecule has 0 saturated heterocycles. The third-order valence-corrected chi connectivity index (χ3v) is 5.74. The first-order chi connectivity index (χ1) is 16.7. The van der Waals surface area contributed by atoms with Crippen molar-refractivity contribution in [3.05, 3.63) is 143 Å². The highest BCUT2D eigenvalue weighted by Gasteiger charge is 2.29. The van der Waals surface area contributed by atoms with Crippen LogP contribution in [0.5, 0.6) is 5.75 Å². The van der Waals surface area contributed by atoms with Gasteiger partial charge in [0.1, 0.15) is 5.75 Å². The molecule has 1 aromatic heterocycles. The number of benzene rings is 4. The van der Waals surface area contributed by atoms with E-state index in [0.717, 1.165) is 0 Å². The summed E-state index contributed by atoms with van der Waals surface area (Å²) in [6.07, 6.45) is 0. The highest BCUT2D eigenvalue weighted by molar-refractivity contribution is 6.15. The lowest BCUT2D eigenvalue weighted by Gasteiger charge is -2.21. The van der Waals surface area contributed by atoms with Crippen molar-refractivity contribution in [1.82, 2.24) is 4.57 Å². The Morgan fingerprint density at radius 1 is 0.618 bits per heavy atom. The number of hydrogen-bond donors (Lipinski definition) is 1. The van der Waals surface area contributed by atoms with E-state index < -0.39 is 5.56 Å². The minimum absolute atomic E-state index is 0.0831. The second-order valence-electron chi connectivity index (χ2n) is 7.85. The van der Waals surface area contributed by atoms with Crippen LogP contribution in [0.3, 0.4) is 0 Å². The zero-order valence-electron chi connectivity index (χ0n) is 18.3. The van der Waals surface area contributed by atoms with E-state index in [9.17, 15) is 14.7 Å². The van der Waals surface area contributed by atoms with E-state index >= 15 is 0 Å². The highest BCUT2D eigenvalue weighted by Crippen LogP contribution is 2.38. The van der Waals surface area contributed by atoms with E-state index in [0.29, 0.717) is 28.1 Å². The van der Waals surface area contributed by atoms with Crippen molar-refractivity contribution in [1.29, 1.82) is 0 Å². The summed E-state index contributed by atoms with van der Waals surface area (Å²) in [5.74, 6) is -0.685. The van der Waals surface area contributed by atoms with Crippen LogP contribution in [-0.2, 0) is 0 Å². The Labute approximate surface area is 197 Å². The predicted molar refractivity (Wildman–Crippen MR) is 134 cm³/mol. The SMILES string of the molecule is O=C(c1ccccc1)c1c(O)c(-c2ccccc2)c(=O)n(-c2ccccc2)c1-c1ccccc1. The Kier molecular flexibility index (Phi) is 5.63. The van der Waals surface area contributed by atoms with Crippen LogP contribution < -0.4 is 5.56 Å². The van der Waals surface area contributed by atoms with Gasteiger partial charge in [-0.25, -0.2) is 0 Å². The number of rotatable bonds is 5. The summed E-state index contributed by atoms with van der Waals surface area (Å²) < 4.78 is 1.52. The van der Waals surface area contributed by atoms with Crippen LogP contribution >= 0.6 is 0 Å². The number of nitrogens with zero attached hydrogens (tertiary/aromatic N) is 1.